The highest BCUT2D eigenvalue weighted by atomic mass is 16.1. The average molecular weight is 170 g/mol. The van der Waals surface area contributed by atoms with E-state index in [0.29, 0.717) is 5.41 Å². The lowest BCUT2D eigenvalue weighted by Crippen LogP contribution is -2.40. The number of nitrogens with one attached hydrogen (secondary N) is 1. The number of amides is 1. The van der Waals surface area contributed by atoms with Crippen molar-refractivity contribution in [1.82, 2.24) is 5.32 Å². The highest BCUT2D eigenvalue weighted by Gasteiger charge is 2.26. The maximum atomic E-state index is 10.9. The van der Waals surface area contributed by atoms with Gasteiger partial charge in [-0.25, -0.2) is 0 Å². The van der Waals surface area contributed by atoms with E-state index in [1.807, 2.05) is 0 Å². The predicted molar refractivity (Wildman–Crippen MR) is 48.6 cm³/mol. The molecule has 1 unspecified atom stereocenters. The van der Waals surface area contributed by atoms with Crippen LogP contribution in [0, 0.1) is 5.41 Å². The number of hydrogen-bond donors (Lipinski definition) is 2. The Bertz CT molecular complexity index is 177. The van der Waals surface area contributed by atoms with Crippen LogP contribution in [0.25, 0.3) is 0 Å². The van der Waals surface area contributed by atoms with E-state index in [1.165, 1.54) is 0 Å². The molecule has 0 bridgehead atoms. The second-order valence-electron chi connectivity index (χ2n) is 4.36. The molecular weight excluding hydrogens is 152 g/mol. The molecule has 0 aliphatic carbocycles. The Morgan fingerprint density at radius 1 is 1.50 bits per heavy atom. The van der Waals surface area contributed by atoms with Gasteiger partial charge in [-0.15, -0.1) is 0 Å². The molecule has 1 fully saturated rings. The van der Waals surface area contributed by atoms with Crippen LogP contribution in [0.15, 0.2) is 0 Å². The number of nitrogens with two attached hydrogens (primary N) is 1. The summed E-state index contributed by atoms with van der Waals surface area (Å²) in [5.41, 5.74) is 5.58. The molecular formula is C9H18N2O. The van der Waals surface area contributed by atoms with Crippen LogP contribution in [0.1, 0.15) is 33.1 Å². The SMILES string of the molecule is CC1(C)CCNC(C(N)=O)CC1. The summed E-state index contributed by atoms with van der Waals surface area (Å²) in [6.45, 7) is 5.37. The third-order valence-electron chi connectivity index (χ3n) is 2.65. The largest absolute Gasteiger partial charge is 0.368 e. The van der Waals surface area contributed by atoms with Gasteiger partial charge in [0.2, 0.25) is 5.91 Å². The first-order chi connectivity index (χ1) is 5.51. The van der Waals surface area contributed by atoms with Gasteiger partial charge in [0.1, 0.15) is 0 Å². The molecule has 3 N–H and O–H groups in total. The summed E-state index contributed by atoms with van der Waals surface area (Å²) in [4.78, 5) is 10.9. The van der Waals surface area contributed by atoms with Crippen molar-refractivity contribution in [2.45, 2.75) is 39.2 Å². The van der Waals surface area contributed by atoms with Crippen molar-refractivity contribution >= 4 is 5.91 Å². The molecule has 1 rings (SSSR count). The minimum absolute atomic E-state index is 0.105. The van der Waals surface area contributed by atoms with Crippen molar-refractivity contribution in [1.29, 1.82) is 0 Å². The summed E-state index contributed by atoms with van der Waals surface area (Å²) < 4.78 is 0. The molecule has 0 aromatic rings. The molecule has 3 nitrogen and oxygen atoms in total. The molecule has 1 heterocycles. The summed E-state index contributed by atoms with van der Waals surface area (Å²) >= 11 is 0. The van der Waals surface area contributed by atoms with Crippen LogP contribution in [-0.4, -0.2) is 18.5 Å². The van der Waals surface area contributed by atoms with Gasteiger partial charge in [-0.1, -0.05) is 13.8 Å². The van der Waals surface area contributed by atoms with Crippen LogP contribution in [0.3, 0.4) is 0 Å². The standard InChI is InChI=1S/C9H18N2O/c1-9(2)4-3-7(8(10)12)11-6-5-9/h7,11H,3-6H2,1-2H3,(H2,10,12). The van der Waals surface area contributed by atoms with Crippen LogP contribution in [0.4, 0.5) is 0 Å². The molecule has 0 saturated carbocycles. The van der Waals surface area contributed by atoms with Crippen LogP contribution in [0.2, 0.25) is 0 Å². The van der Waals surface area contributed by atoms with E-state index in [-0.39, 0.29) is 11.9 Å². The molecule has 12 heavy (non-hydrogen) atoms. The molecule has 1 atom stereocenters. The quantitative estimate of drug-likeness (QED) is 0.606. The van der Waals surface area contributed by atoms with E-state index >= 15 is 0 Å². The van der Waals surface area contributed by atoms with E-state index in [4.69, 9.17) is 5.73 Å². The summed E-state index contributed by atoms with van der Waals surface area (Å²) in [5.74, 6) is -0.215. The minimum Gasteiger partial charge on any atom is -0.368 e. The Kier molecular flexibility index (Phi) is 2.73. The molecule has 0 aromatic heterocycles. The van der Waals surface area contributed by atoms with Gasteiger partial charge in [-0.3, -0.25) is 4.79 Å². The number of primary amides is 1. The van der Waals surface area contributed by atoms with E-state index in [2.05, 4.69) is 19.2 Å². The third kappa shape index (κ3) is 2.48. The molecule has 0 aromatic carbocycles. The van der Waals surface area contributed by atoms with Crippen LogP contribution in [0.5, 0.6) is 0 Å². The summed E-state index contributed by atoms with van der Waals surface area (Å²) in [6.07, 6.45) is 3.08. The van der Waals surface area contributed by atoms with Crippen molar-refractivity contribution in [3.63, 3.8) is 0 Å². The van der Waals surface area contributed by atoms with E-state index in [9.17, 15) is 4.79 Å². The number of carbonyl (C=O) groups is 1. The normalized spacial score (nSPS) is 29.3. The Hall–Kier alpha value is -0.570. The fraction of sp³-hybridized carbons (Fsp3) is 0.889. The van der Waals surface area contributed by atoms with Crippen molar-refractivity contribution in [3.8, 4) is 0 Å². The topological polar surface area (TPSA) is 55.1 Å². The van der Waals surface area contributed by atoms with Gasteiger partial charge in [0, 0.05) is 0 Å². The monoisotopic (exact) mass is 170 g/mol. The molecule has 1 aliphatic heterocycles. The van der Waals surface area contributed by atoms with Crippen molar-refractivity contribution < 1.29 is 4.79 Å². The zero-order chi connectivity index (χ0) is 9.19. The zero-order valence-electron chi connectivity index (χ0n) is 7.89. The molecule has 70 valence electrons. The van der Waals surface area contributed by atoms with Gasteiger partial charge in [0.15, 0.2) is 0 Å². The van der Waals surface area contributed by atoms with E-state index in [0.717, 1.165) is 25.8 Å². The van der Waals surface area contributed by atoms with E-state index in [1.54, 1.807) is 0 Å². The predicted octanol–water partition coefficient (Wildman–Crippen LogP) is 0.640. The highest BCUT2D eigenvalue weighted by molar-refractivity contribution is 5.79. The van der Waals surface area contributed by atoms with Crippen molar-refractivity contribution in [2.75, 3.05) is 6.54 Å². The van der Waals surface area contributed by atoms with Gasteiger partial charge in [0.05, 0.1) is 6.04 Å². The Morgan fingerprint density at radius 2 is 2.17 bits per heavy atom. The summed E-state index contributed by atoms with van der Waals surface area (Å²) in [5, 5.41) is 3.16. The average Bonchev–Trinajstić information content (AvgIpc) is 2.10. The molecule has 0 radical (unpaired) electrons. The molecule has 0 spiro atoms. The minimum atomic E-state index is -0.215. The molecule has 1 amide bonds. The number of carbonyl (C=O) groups excluding carboxylic acids is 1. The van der Waals surface area contributed by atoms with Crippen molar-refractivity contribution in [2.24, 2.45) is 11.1 Å². The van der Waals surface area contributed by atoms with Crippen molar-refractivity contribution in [3.05, 3.63) is 0 Å². The fourth-order valence-electron chi connectivity index (χ4n) is 1.59. The maximum Gasteiger partial charge on any atom is 0.234 e. The maximum absolute atomic E-state index is 10.9. The highest BCUT2D eigenvalue weighted by Crippen LogP contribution is 2.28. The lowest BCUT2D eigenvalue weighted by atomic mass is 9.85. The van der Waals surface area contributed by atoms with Gasteiger partial charge in [-0.05, 0) is 31.2 Å². The first-order valence-electron chi connectivity index (χ1n) is 4.54. The van der Waals surface area contributed by atoms with E-state index < -0.39 is 0 Å². The summed E-state index contributed by atoms with van der Waals surface area (Å²) in [6, 6.07) is -0.105. The lowest BCUT2D eigenvalue weighted by Gasteiger charge is -2.20. The molecule has 1 aliphatic rings. The molecule has 3 heteroatoms. The lowest BCUT2D eigenvalue weighted by molar-refractivity contribution is -0.120. The fourth-order valence-corrected chi connectivity index (χ4v) is 1.59. The second-order valence-corrected chi connectivity index (χ2v) is 4.36. The van der Waals surface area contributed by atoms with Crippen LogP contribution < -0.4 is 11.1 Å². The van der Waals surface area contributed by atoms with Gasteiger partial charge in [0.25, 0.3) is 0 Å². The smallest absolute Gasteiger partial charge is 0.234 e. The van der Waals surface area contributed by atoms with Gasteiger partial charge in [-0.2, -0.15) is 0 Å². The zero-order valence-corrected chi connectivity index (χ0v) is 7.89. The Morgan fingerprint density at radius 3 is 2.75 bits per heavy atom. The second kappa shape index (κ2) is 3.44. The number of hydrogen-bond acceptors (Lipinski definition) is 2. The summed E-state index contributed by atoms with van der Waals surface area (Å²) in [7, 11) is 0. The first kappa shape index (κ1) is 9.52. The van der Waals surface area contributed by atoms with Crippen LogP contribution >= 0.6 is 0 Å². The number of rotatable bonds is 1. The molecule has 1 saturated heterocycles. The van der Waals surface area contributed by atoms with Crippen LogP contribution in [-0.2, 0) is 4.79 Å². The van der Waals surface area contributed by atoms with Gasteiger partial charge < -0.3 is 11.1 Å². The Labute approximate surface area is 73.7 Å². The van der Waals surface area contributed by atoms with Gasteiger partial charge >= 0.3 is 0 Å². The first-order valence-corrected chi connectivity index (χ1v) is 4.54. The Balaban J connectivity index is 2.50. The third-order valence-corrected chi connectivity index (χ3v) is 2.65.